The van der Waals surface area contributed by atoms with Crippen molar-refractivity contribution >= 4 is 5.91 Å². The van der Waals surface area contributed by atoms with Gasteiger partial charge in [-0.1, -0.05) is 5.21 Å². The number of likely N-dealkylation sites (tertiary alicyclic amines) is 1. The van der Waals surface area contributed by atoms with Crippen LogP contribution < -0.4 is 0 Å². The fourth-order valence-electron chi connectivity index (χ4n) is 3.50. The first-order chi connectivity index (χ1) is 11.1. The van der Waals surface area contributed by atoms with E-state index >= 15 is 0 Å². The summed E-state index contributed by atoms with van der Waals surface area (Å²) in [6, 6.07) is 3.74. The van der Waals surface area contributed by atoms with Crippen molar-refractivity contribution in [3.63, 3.8) is 0 Å². The van der Waals surface area contributed by atoms with Gasteiger partial charge in [0.15, 0.2) is 0 Å². The summed E-state index contributed by atoms with van der Waals surface area (Å²) in [4.78, 5) is 19.1. The van der Waals surface area contributed by atoms with Crippen molar-refractivity contribution in [1.29, 1.82) is 0 Å². The number of carbonyl (C=O) groups excluding carboxylic acids is 1. The van der Waals surface area contributed by atoms with E-state index in [1.807, 2.05) is 35.6 Å². The number of pyridine rings is 1. The number of nitrogens with zero attached hydrogens (tertiary/aromatic N) is 5. The lowest BCUT2D eigenvalue weighted by atomic mass is 9.99. The van der Waals surface area contributed by atoms with Gasteiger partial charge in [-0.25, -0.2) is 4.68 Å². The predicted molar refractivity (Wildman–Crippen MR) is 81.9 cm³/mol. The van der Waals surface area contributed by atoms with Gasteiger partial charge in [0.1, 0.15) is 0 Å². The third-order valence-corrected chi connectivity index (χ3v) is 4.54. The molecule has 2 aliphatic heterocycles. The average molecular weight is 313 g/mol. The van der Waals surface area contributed by atoms with Gasteiger partial charge >= 0.3 is 0 Å². The van der Waals surface area contributed by atoms with E-state index in [1.165, 1.54) is 0 Å². The van der Waals surface area contributed by atoms with E-state index in [2.05, 4.69) is 15.3 Å². The highest BCUT2D eigenvalue weighted by Crippen LogP contribution is 2.30. The number of carbonyl (C=O) groups is 1. The summed E-state index contributed by atoms with van der Waals surface area (Å²) in [5.41, 5.74) is 3.39. The van der Waals surface area contributed by atoms with Crippen molar-refractivity contribution in [3.8, 4) is 0 Å². The molecule has 0 spiro atoms. The Bertz CT molecular complexity index is 736. The number of hydrogen-bond donors (Lipinski definition) is 0. The molecule has 1 amide bonds. The van der Waals surface area contributed by atoms with Crippen LogP contribution in [0.15, 0.2) is 18.3 Å². The average Bonchev–Trinajstić information content (AvgIpc) is 3.01. The molecule has 2 aromatic heterocycles. The van der Waals surface area contributed by atoms with E-state index in [1.54, 1.807) is 6.20 Å². The zero-order chi connectivity index (χ0) is 16.0. The van der Waals surface area contributed by atoms with Gasteiger partial charge in [0.2, 0.25) is 0 Å². The molecule has 0 aromatic carbocycles. The molecule has 0 unspecified atom stereocenters. The first kappa shape index (κ1) is 14.3. The van der Waals surface area contributed by atoms with E-state index in [0.717, 1.165) is 23.5 Å². The third-order valence-electron chi connectivity index (χ3n) is 4.54. The quantitative estimate of drug-likeness (QED) is 0.793. The minimum atomic E-state index is 0.0444. The van der Waals surface area contributed by atoms with Crippen molar-refractivity contribution in [2.75, 3.05) is 13.1 Å². The van der Waals surface area contributed by atoms with E-state index in [-0.39, 0.29) is 18.1 Å². The Kier molecular flexibility index (Phi) is 3.37. The molecule has 0 bridgehead atoms. The van der Waals surface area contributed by atoms with Crippen LogP contribution in [0.4, 0.5) is 0 Å². The van der Waals surface area contributed by atoms with Crippen LogP contribution in [-0.4, -0.2) is 50.0 Å². The number of aryl methyl sites for hydroxylation is 2. The number of hydrogen-bond acceptors (Lipinski definition) is 5. The van der Waals surface area contributed by atoms with E-state index in [9.17, 15) is 4.79 Å². The summed E-state index contributed by atoms with van der Waals surface area (Å²) < 4.78 is 7.80. The van der Waals surface area contributed by atoms with Crippen LogP contribution in [0.25, 0.3) is 0 Å². The van der Waals surface area contributed by atoms with Crippen molar-refractivity contribution in [2.24, 2.45) is 0 Å². The number of amides is 1. The SMILES string of the molecule is Cc1cc(C(=O)N2CC[C@@H]3OCc4cnnn4[C@@H]3C2)cc(C)n1. The molecular weight excluding hydrogens is 294 g/mol. The Morgan fingerprint density at radius 1 is 1.30 bits per heavy atom. The normalized spacial score (nSPS) is 23.3. The molecule has 0 aliphatic carbocycles. The van der Waals surface area contributed by atoms with Crippen LogP contribution in [-0.2, 0) is 11.3 Å². The van der Waals surface area contributed by atoms with Crippen molar-refractivity contribution in [2.45, 2.75) is 39.0 Å². The van der Waals surface area contributed by atoms with Gasteiger partial charge in [0, 0.05) is 30.0 Å². The molecule has 7 nitrogen and oxygen atoms in total. The Morgan fingerprint density at radius 2 is 2.09 bits per heavy atom. The largest absolute Gasteiger partial charge is 0.370 e. The summed E-state index contributed by atoms with van der Waals surface area (Å²) in [6.45, 7) is 5.66. The third kappa shape index (κ3) is 2.50. The lowest BCUT2D eigenvalue weighted by Gasteiger charge is -2.41. The summed E-state index contributed by atoms with van der Waals surface area (Å²) in [7, 11) is 0. The Balaban J connectivity index is 1.59. The van der Waals surface area contributed by atoms with Crippen molar-refractivity contribution in [3.05, 3.63) is 41.0 Å². The standard InChI is InChI=1S/C16H19N5O2/c1-10-5-12(6-11(2)18-10)16(22)20-4-3-15-14(8-20)21-13(9-23-15)7-17-19-21/h5-7,14-15H,3-4,8-9H2,1-2H3/t14-,15+/m1/s1. The Morgan fingerprint density at radius 3 is 2.87 bits per heavy atom. The summed E-state index contributed by atoms with van der Waals surface area (Å²) in [6.07, 6.45) is 2.65. The lowest BCUT2D eigenvalue weighted by molar-refractivity contribution is -0.0605. The van der Waals surface area contributed by atoms with E-state index < -0.39 is 0 Å². The lowest BCUT2D eigenvalue weighted by Crippen LogP contribution is -2.49. The molecule has 23 heavy (non-hydrogen) atoms. The van der Waals surface area contributed by atoms with Gasteiger partial charge in [0.25, 0.3) is 5.91 Å². The van der Waals surface area contributed by atoms with Crippen molar-refractivity contribution < 1.29 is 9.53 Å². The minimum absolute atomic E-state index is 0.0444. The molecule has 2 atom stereocenters. The first-order valence-corrected chi connectivity index (χ1v) is 7.87. The molecule has 0 N–H and O–H groups in total. The Labute approximate surface area is 134 Å². The number of rotatable bonds is 1. The second-order valence-electron chi connectivity index (χ2n) is 6.27. The second kappa shape index (κ2) is 5.42. The maximum atomic E-state index is 12.8. The highest BCUT2D eigenvalue weighted by molar-refractivity contribution is 5.94. The van der Waals surface area contributed by atoms with E-state index in [0.29, 0.717) is 25.3 Å². The van der Waals surface area contributed by atoms with Gasteiger partial charge in [-0.15, -0.1) is 5.10 Å². The number of ether oxygens (including phenoxy) is 1. The fourth-order valence-corrected chi connectivity index (χ4v) is 3.50. The molecule has 4 heterocycles. The van der Waals surface area contributed by atoms with Gasteiger partial charge < -0.3 is 9.64 Å². The highest BCUT2D eigenvalue weighted by atomic mass is 16.5. The van der Waals surface area contributed by atoms with Gasteiger partial charge in [-0.2, -0.15) is 0 Å². The van der Waals surface area contributed by atoms with Crippen LogP contribution in [0.2, 0.25) is 0 Å². The maximum Gasteiger partial charge on any atom is 0.254 e. The fraction of sp³-hybridized carbons (Fsp3) is 0.500. The molecule has 7 heteroatoms. The molecule has 1 saturated heterocycles. The van der Waals surface area contributed by atoms with Crippen LogP contribution >= 0.6 is 0 Å². The number of aromatic nitrogens is 4. The van der Waals surface area contributed by atoms with Gasteiger partial charge in [0.05, 0.1) is 30.6 Å². The first-order valence-electron chi connectivity index (χ1n) is 7.87. The molecule has 0 radical (unpaired) electrons. The molecule has 4 rings (SSSR count). The predicted octanol–water partition coefficient (Wildman–Crippen LogP) is 1.28. The second-order valence-corrected chi connectivity index (χ2v) is 6.27. The zero-order valence-corrected chi connectivity index (χ0v) is 13.3. The monoisotopic (exact) mass is 313 g/mol. The number of piperidine rings is 1. The summed E-state index contributed by atoms with van der Waals surface area (Å²) in [5, 5.41) is 8.14. The van der Waals surface area contributed by atoms with Crippen molar-refractivity contribution in [1.82, 2.24) is 24.9 Å². The summed E-state index contributed by atoms with van der Waals surface area (Å²) >= 11 is 0. The van der Waals surface area contributed by atoms with Crippen LogP contribution in [0.3, 0.4) is 0 Å². The molecule has 2 aliphatic rings. The van der Waals surface area contributed by atoms with Crippen LogP contribution in [0.1, 0.15) is 39.9 Å². The van der Waals surface area contributed by atoms with Crippen LogP contribution in [0, 0.1) is 13.8 Å². The number of fused-ring (bicyclic) bond motifs is 3. The zero-order valence-electron chi connectivity index (χ0n) is 13.3. The molecule has 120 valence electrons. The molecular formula is C16H19N5O2. The molecule has 0 saturated carbocycles. The summed E-state index contributed by atoms with van der Waals surface area (Å²) in [5.74, 6) is 0.0456. The van der Waals surface area contributed by atoms with E-state index in [4.69, 9.17) is 4.74 Å². The van der Waals surface area contributed by atoms with Gasteiger partial charge in [-0.3, -0.25) is 9.78 Å². The smallest absolute Gasteiger partial charge is 0.254 e. The van der Waals surface area contributed by atoms with Crippen LogP contribution in [0.5, 0.6) is 0 Å². The van der Waals surface area contributed by atoms with Gasteiger partial charge in [-0.05, 0) is 32.4 Å². The molecule has 2 aromatic rings. The molecule has 1 fully saturated rings. The highest BCUT2D eigenvalue weighted by Gasteiger charge is 2.38. The topological polar surface area (TPSA) is 73.1 Å². The minimum Gasteiger partial charge on any atom is -0.370 e. The maximum absolute atomic E-state index is 12.8. The Hall–Kier alpha value is -2.28.